The maximum atomic E-state index is 12.6. The number of carbonyl (C=O) groups is 2. The molecule has 0 aliphatic rings. The highest BCUT2D eigenvalue weighted by molar-refractivity contribution is 7.89. The van der Waals surface area contributed by atoms with E-state index in [0.717, 1.165) is 6.07 Å². The highest BCUT2D eigenvalue weighted by Crippen LogP contribution is 2.27. The Hall–Kier alpha value is -2.33. The van der Waals surface area contributed by atoms with Gasteiger partial charge in [-0.3, -0.25) is 4.79 Å². The van der Waals surface area contributed by atoms with Gasteiger partial charge >= 0.3 is 5.97 Å². The van der Waals surface area contributed by atoms with Crippen LogP contribution in [-0.2, 0) is 19.6 Å². The number of carbonyl (C=O) groups excluding carboxylic acids is 2. The normalized spacial score (nSPS) is 11.7. The Morgan fingerprint density at radius 3 is 2.29 bits per heavy atom. The van der Waals surface area contributed by atoms with Crippen molar-refractivity contribution >= 4 is 50.8 Å². The van der Waals surface area contributed by atoms with Crippen molar-refractivity contribution in [2.75, 3.05) is 19.0 Å². The molecule has 2 aromatic carbocycles. The van der Waals surface area contributed by atoms with Crippen molar-refractivity contribution in [2.45, 2.75) is 31.2 Å². The first-order valence-electron chi connectivity index (χ1n) is 8.96. The largest absolute Gasteiger partial charge is 0.495 e. The van der Waals surface area contributed by atoms with Crippen molar-refractivity contribution in [3.05, 3.63) is 52.0 Å². The summed E-state index contributed by atoms with van der Waals surface area (Å²) in [5.41, 5.74) is -0.430. The predicted octanol–water partition coefficient (Wildman–Crippen LogP) is 3.87. The molecule has 8 nitrogen and oxygen atoms in total. The number of esters is 1. The second kappa shape index (κ2) is 9.86. The zero-order valence-electron chi connectivity index (χ0n) is 17.3. The number of amides is 1. The number of methoxy groups -OCH3 is 1. The van der Waals surface area contributed by atoms with E-state index in [9.17, 15) is 18.0 Å². The van der Waals surface area contributed by atoms with E-state index in [-0.39, 0.29) is 15.5 Å². The Morgan fingerprint density at radius 1 is 1.03 bits per heavy atom. The lowest BCUT2D eigenvalue weighted by Gasteiger charge is -2.21. The smallest absolute Gasteiger partial charge is 0.338 e. The van der Waals surface area contributed by atoms with E-state index < -0.39 is 34.0 Å². The second-order valence-electron chi connectivity index (χ2n) is 7.47. The quantitative estimate of drug-likeness (QED) is 0.572. The molecule has 0 saturated carbocycles. The lowest BCUT2D eigenvalue weighted by Crippen LogP contribution is -2.40. The summed E-state index contributed by atoms with van der Waals surface area (Å²) in [6.07, 6.45) is 0. The third-order valence-corrected chi connectivity index (χ3v) is 6.20. The third kappa shape index (κ3) is 7.10. The van der Waals surface area contributed by atoms with E-state index in [2.05, 4.69) is 10.0 Å². The molecule has 31 heavy (non-hydrogen) atoms. The SMILES string of the molecule is COc1ccc(NC(=O)COC(=O)c2ccc(Cl)c(S(=O)(=O)NC(C)(C)C)c2)cc1Cl. The second-order valence-corrected chi connectivity index (χ2v) is 9.94. The van der Waals surface area contributed by atoms with Crippen LogP contribution in [-0.4, -0.2) is 39.5 Å². The molecule has 0 aliphatic carbocycles. The first-order chi connectivity index (χ1) is 14.3. The molecule has 2 N–H and O–H groups in total. The summed E-state index contributed by atoms with van der Waals surface area (Å²) < 4.78 is 37.6. The molecule has 0 aliphatic heterocycles. The van der Waals surface area contributed by atoms with E-state index in [4.69, 9.17) is 32.7 Å². The summed E-state index contributed by atoms with van der Waals surface area (Å²) in [4.78, 5) is 24.1. The molecule has 0 aromatic heterocycles. The number of hydrogen-bond acceptors (Lipinski definition) is 6. The van der Waals surface area contributed by atoms with Crippen LogP contribution in [0.25, 0.3) is 0 Å². The third-order valence-electron chi connectivity index (χ3n) is 3.67. The summed E-state index contributed by atoms with van der Waals surface area (Å²) in [7, 11) is -2.51. The molecule has 0 bridgehead atoms. The zero-order valence-corrected chi connectivity index (χ0v) is 19.6. The van der Waals surface area contributed by atoms with Crippen molar-refractivity contribution in [2.24, 2.45) is 0 Å². The monoisotopic (exact) mass is 488 g/mol. The molecule has 0 saturated heterocycles. The first kappa shape index (κ1) is 24.9. The average Bonchev–Trinajstić information content (AvgIpc) is 2.64. The van der Waals surface area contributed by atoms with Gasteiger partial charge in [-0.2, -0.15) is 0 Å². The molecule has 2 rings (SSSR count). The minimum atomic E-state index is -3.98. The minimum absolute atomic E-state index is 0.0533. The van der Waals surface area contributed by atoms with Gasteiger partial charge in [-0.25, -0.2) is 17.9 Å². The van der Waals surface area contributed by atoms with Crippen LogP contribution in [0, 0.1) is 0 Å². The Labute approximate surface area is 190 Å². The molecule has 0 unspecified atom stereocenters. The predicted molar refractivity (Wildman–Crippen MR) is 118 cm³/mol. The molecular weight excluding hydrogens is 467 g/mol. The van der Waals surface area contributed by atoms with E-state index in [1.165, 1.54) is 25.3 Å². The Bertz CT molecular complexity index is 1100. The lowest BCUT2D eigenvalue weighted by atomic mass is 10.1. The molecule has 0 heterocycles. The molecule has 0 radical (unpaired) electrons. The van der Waals surface area contributed by atoms with Gasteiger partial charge in [0.05, 0.1) is 22.7 Å². The van der Waals surface area contributed by atoms with Crippen LogP contribution in [0.5, 0.6) is 5.75 Å². The molecule has 0 fully saturated rings. The highest BCUT2D eigenvalue weighted by atomic mass is 35.5. The number of nitrogens with one attached hydrogen (secondary N) is 2. The Kier molecular flexibility index (Phi) is 7.93. The van der Waals surface area contributed by atoms with Crippen LogP contribution < -0.4 is 14.8 Å². The van der Waals surface area contributed by atoms with Gasteiger partial charge in [-0.15, -0.1) is 0 Å². The Morgan fingerprint density at radius 2 is 1.71 bits per heavy atom. The first-order valence-corrected chi connectivity index (χ1v) is 11.2. The van der Waals surface area contributed by atoms with Crippen LogP contribution in [0.15, 0.2) is 41.3 Å². The fourth-order valence-electron chi connectivity index (χ4n) is 2.45. The number of benzene rings is 2. The van der Waals surface area contributed by atoms with Crippen LogP contribution in [0.2, 0.25) is 10.0 Å². The van der Waals surface area contributed by atoms with E-state index >= 15 is 0 Å². The zero-order chi connectivity index (χ0) is 23.4. The van der Waals surface area contributed by atoms with Crippen LogP contribution in [0.3, 0.4) is 0 Å². The van der Waals surface area contributed by atoms with Gasteiger partial charge in [-0.1, -0.05) is 23.2 Å². The highest BCUT2D eigenvalue weighted by Gasteiger charge is 2.25. The number of hydrogen-bond donors (Lipinski definition) is 2. The summed E-state index contributed by atoms with van der Waals surface area (Å²) in [5.74, 6) is -1.04. The van der Waals surface area contributed by atoms with Gasteiger partial charge in [0.15, 0.2) is 6.61 Å². The fourth-order valence-corrected chi connectivity index (χ4v) is 4.65. The fraction of sp³-hybridized carbons (Fsp3) is 0.300. The van der Waals surface area contributed by atoms with E-state index in [0.29, 0.717) is 16.5 Å². The number of sulfonamides is 1. The van der Waals surface area contributed by atoms with Crippen molar-refractivity contribution < 1.29 is 27.5 Å². The maximum absolute atomic E-state index is 12.6. The maximum Gasteiger partial charge on any atom is 0.338 e. The van der Waals surface area contributed by atoms with Gasteiger partial charge in [0, 0.05) is 11.2 Å². The van der Waals surface area contributed by atoms with Crippen LogP contribution in [0.1, 0.15) is 31.1 Å². The number of ether oxygens (including phenoxy) is 2. The number of anilines is 1. The van der Waals surface area contributed by atoms with Crippen molar-refractivity contribution in [1.29, 1.82) is 0 Å². The standard InChI is InChI=1S/C20H22Cl2N2O6S/c1-20(2,3)24-31(27,28)17-9-12(5-7-14(17)21)19(26)30-11-18(25)23-13-6-8-16(29-4)15(22)10-13/h5-10,24H,11H2,1-4H3,(H,23,25). The van der Waals surface area contributed by atoms with Crippen molar-refractivity contribution in [1.82, 2.24) is 4.72 Å². The van der Waals surface area contributed by atoms with Gasteiger partial charge in [0.1, 0.15) is 10.6 Å². The molecule has 0 atom stereocenters. The summed E-state index contributed by atoms with van der Waals surface area (Å²) >= 11 is 12.0. The molecular formula is C20H22Cl2N2O6S. The van der Waals surface area contributed by atoms with Gasteiger partial charge in [0.25, 0.3) is 5.91 Å². The Balaban J connectivity index is 2.07. The molecule has 11 heteroatoms. The molecule has 1 amide bonds. The topological polar surface area (TPSA) is 111 Å². The van der Waals surface area contributed by atoms with Crippen LogP contribution in [0.4, 0.5) is 5.69 Å². The van der Waals surface area contributed by atoms with Crippen molar-refractivity contribution in [3.63, 3.8) is 0 Å². The average molecular weight is 489 g/mol. The van der Waals surface area contributed by atoms with E-state index in [1.54, 1.807) is 32.9 Å². The summed E-state index contributed by atoms with van der Waals surface area (Å²) in [6, 6.07) is 8.31. The molecule has 168 valence electrons. The van der Waals surface area contributed by atoms with Gasteiger partial charge in [-0.05, 0) is 57.2 Å². The lowest BCUT2D eigenvalue weighted by molar-refractivity contribution is -0.119. The molecule has 0 spiro atoms. The van der Waals surface area contributed by atoms with Gasteiger partial charge < -0.3 is 14.8 Å². The molecule has 2 aromatic rings. The van der Waals surface area contributed by atoms with Gasteiger partial charge in [0.2, 0.25) is 10.0 Å². The number of halogens is 2. The summed E-state index contributed by atoms with van der Waals surface area (Å²) in [6.45, 7) is 4.43. The minimum Gasteiger partial charge on any atom is -0.495 e. The van der Waals surface area contributed by atoms with Crippen molar-refractivity contribution in [3.8, 4) is 5.75 Å². The van der Waals surface area contributed by atoms with Crippen LogP contribution >= 0.6 is 23.2 Å². The number of rotatable bonds is 7. The summed E-state index contributed by atoms with van der Waals surface area (Å²) in [5, 5.41) is 2.78. The van der Waals surface area contributed by atoms with E-state index in [1.807, 2.05) is 0 Å².